The topological polar surface area (TPSA) is 38.3 Å². The van der Waals surface area contributed by atoms with Gasteiger partial charge in [-0.05, 0) is 74.7 Å². The Balaban J connectivity index is 1.96. The van der Waals surface area contributed by atoms with Gasteiger partial charge in [-0.25, -0.2) is 0 Å². The van der Waals surface area contributed by atoms with Crippen LogP contribution in [0.4, 0.5) is 5.69 Å². The van der Waals surface area contributed by atoms with E-state index in [1.807, 2.05) is 25.1 Å². The molecular formula is C15H12Br2ClNO2. The van der Waals surface area contributed by atoms with Crippen LogP contribution in [0.1, 0.15) is 5.56 Å². The van der Waals surface area contributed by atoms with Crippen LogP contribution in [0.15, 0.2) is 45.3 Å². The van der Waals surface area contributed by atoms with Gasteiger partial charge < -0.3 is 10.1 Å². The van der Waals surface area contributed by atoms with Crippen molar-refractivity contribution in [2.24, 2.45) is 0 Å². The van der Waals surface area contributed by atoms with Gasteiger partial charge in [0.25, 0.3) is 5.91 Å². The summed E-state index contributed by atoms with van der Waals surface area (Å²) in [5, 5.41) is 3.39. The lowest BCUT2D eigenvalue weighted by Crippen LogP contribution is -2.20. The SMILES string of the molecule is Cc1ccc(NC(=O)COc2ccc(Cl)cc2Br)c(Br)c1. The number of ether oxygens (including phenoxy) is 1. The Hall–Kier alpha value is -1.04. The third-order valence-corrected chi connectivity index (χ3v) is 4.16. The van der Waals surface area contributed by atoms with Crippen LogP contribution < -0.4 is 10.1 Å². The molecule has 1 amide bonds. The molecule has 0 aliphatic heterocycles. The molecular weight excluding hydrogens is 421 g/mol. The maximum Gasteiger partial charge on any atom is 0.262 e. The van der Waals surface area contributed by atoms with Crippen LogP contribution in [-0.2, 0) is 4.79 Å². The number of aryl methyl sites for hydroxylation is 1. The van der Waals surface area contributed by atoms with Crippen LogP contribution in [-0.4, -0.2) is 12.5 Å². The van der Waals surface area contributed by atoms with Gasteiger partial charge in [0.1, 0.15) is 5.75 Å². The summed E-state index contributed by atoms with van der Waals surface area (Å²) in [5.74, 6) is 0.332. The lowest BCUT2D eigenvalue weighted by Gasteiger charge is -2.10. The fourth-order valence-electron chi connectivity index (χ4n) is 1.64. The van der Waals surface area contributed by atoms with Crippen LogP contribution >= 0.6 is 43.5 Å². The molecule has 6 heteroatoms. The molecule has 2 aromatic rings. The zero-order chi connectivity index (χ0) is 15.4. The highest BCUT2D eigenvalue weighted by Gasteiger charge is 2.08. The highest BCUT2D eigenvalue weighted by atomic mass is 79.9. The molecule has 0 fully saturated rings. The van der Waals surface area contributed by atoms with Gasteiger partial charge in [0.2, 0.25) is 0 Å². The fourth-order valence-corrected chi connectivity index (χ4v) is 3.03. The maximum atomic E-state index is 11.9. The predicted molar refractivity (Wildman–Crippen MR) is 92.2 cm³/mol. The largest absolute Gasteiger partial charge is 0.483 e. The number of amides is 1. The average Bonchev–Trinajstić information content (AvgIpc) is 2.41. The van der Waals surface area contributed by atoms with Crippen molar-refractivity contribution >= 4 is 55.1 Å². The number of carbonyl (C=O) groups is 1. The number of hydrogen-bond donors (Lipinski definition) is 1. The molecule has 21 heavy (non-hydrogen) atoms. The smallest absolute Gasteiger partial charge is 0.262 e. The quantitative estimate of drug-likeness (QED) is 0.721. The Bertz CT molecular complexity index is 677. The van der Waals surface area contributed by atoms with E-state index < -0.39 is 0 Å². The second kappa shape index (κ2) is 7.29. The standard InChI is InChI=1S/C15H12Br2ClNO2/c1-9-2-4-13(11(16)6-9)19-15(20)8-21-14-5-3-10(18)7-12(14)17/h2-7H,8H2,1H3,(H,19,20). The highest BCUT2D eigenvalue weighted by molar-refractivity contribution is 9.11. The number of halogens is 3. The summed E-state index contributed by atoms with van der Waals surface area (Å²) in [6.45, 7) is 1.90. The number of hydrogen-bond acceptors (Lipinski definition) is 2. The molecule has 0 spiro atoms. The van der Waals surface area contributed by atoms with Crippen molar-refractivity contribution in [1.29, 1.82) is 0 Å². The predicted octanol–water partition coefficient (Wildman–Crippen LogP) is 5.19. The summed E-state index contributed by atoms with van der Waals surface area (Å²) in [6.07, 6.45) is 0. The van der Waals surface area contributed by atoms with Crippen molar-refractivity contribution in [3.63, 3.8) is 0 Å². The van der Waals surface area contributed by atoms with Gasteiger partial charge in [-0.3, -0.25) is 4.79 Å². The Morgan fingerprint density at radius 1 is 1.19 bits per heavy atom. The van der Waals surface area contributed by atoms with Crippen LogP contribution in [0.5, 0.6) is 5.75 Å². The first-order valence-electron chi connectivity index (χ1n) is 6.09. The van der Waals surface area contributed by atoms with Gasteiger partial charge in [-0.1, -0.05) is 17.7 Å². The molecule has 0 radical (unpaired) electrons. The summed E-state index contributed by atoms with van der Waals surface area (Å²) in [7, 11) is 0. The molecule has 2 rings (SSSR count). The second-order valence-electron chi connectivity index (χ2n) is 4.39. The van der Waals surface area contributed by atoms with Gasteiger partial charge in [0, 0.05) is 9.50 Å². The van der Waals surface area contributed by atoms with Gasteiger partial charge in [0.15, 0.2) is 6.61 Å². The molecule has 1 N–H and O–H groups in total. The molecule has 110 valence electrons. The molecule has 0 unspecified atom stereocenters. The molecule has 3 nitrogen and oxygen atoms in total. The fraction of sp³-hybridized carbons (Fsp3) is 0.133. The minimum atomic E-state index is -0.235. The third kappa shape index (κ3) is 4.73. The lowest BCUT2D eigenvalue weighted by atomic mass is 10.2. The molecule has 2 aromatic carbocycles. The zero-order valence-corrected chi connectivity index (χ0v) is 15.0. The molecule has 0 bridgehead atoms. The lowest BCUT2D eigenvalue weighted by molar-refractivity contribution is -0.118. The molecule has 0 saturated heterocycles. The van der Waals surface area contributed by atoms with E-state index in [0.29, 0.717) is 20.9 Å². The summed E-state index contributed by atoms with van der Waals surface area (Å²) >= 11 is 12.6. The first-order chi connectivity index (χ1) is 9.95. The zero-order valence-electron chi connectivity index (χ0n) is 11.1. The summed E-state index contributed by atoms with van der Waals surface area (Å²) < 4.78 is 7.00. The summed E-state index contributed by atoms with van der Waals surface area (Å²) in [4.78, 5) is 11.9. The Morgan fingerprint density at radius 2 is 1.95 bits per heavy atom. The first kappa shape index (κ1) is 16.3. The third-order valence-electron chi connectivity index (χ3n) is 2.65. The van der Waals surface area contributed by atoms with Crippen molar-refractivity contribution in [2.45, 2.75) is 6.92 Å². The van der Waals surface area contributed by atoms with Crippen LogP contribution in [0.3, 0.4) is 0 Å². The van der Waals surface area contributed by atoms with E-state index in [-0.39, 0.29) is 12.5 Å². The Labute approximate surface area is 144 Å². The van der Waals surface area contributed by atoms with E-state index in [2.05, 4.69) is 37.2 Å². The van der Waals surface area contributed by atoms with Gasteiger partial charge in [-0.2, -0.15) is 0 Å². The molecule has 0 heterocycles. The normalized spacial score (nSPS) is 10.3. The average molecular weight is 434 g/mol. The van der Waals surface area contributed by atoms with E-state index >= 15 is 0 Å². The second-order valence-corrected chi connectivity index (χ2v) is 6.54. The molecule has 0 atom stereocenters. The summed E-state index contributed by atoms with van der Waals surface area (Å²) in [6, 6.07) is 10.8. The molecule has 0 aliphatic carbocycles. The van der Waals surface area contributed by atoms with Gasteiger partial charge in [0.05, 0.1) is 10.2 Å². The van der Waals surface area contributed by atoms with Crippen LogP contribution in [0, 0.1) is 6.92 Å². The van der Waals surface area contributed by atoms with Crippen LogP contribution in [0.25, 0.3) is 0 Å². The molecule has 0 aromatic heterocycles. The van der Waals surface area contributed by atoms with E-state index in [1.165, 1.54) is 0 Å². The Morgan fingerprint density at radius 3 is 2.62 bits per heavy atom. The summed E-state index contributed by atoms with van der Waals surface area (Å²) in [5.41, 5.74) is 1.82. The van der Waals surface area contributed by atoms with E-state index in [4.69, 9.17) is 16.3 Å². The maximum absolute atomic E-state index is 11.9. The first-order valence-corrected chi connectivity index (χ1v) is 8.06. The van der Waals surface area contributed by atoms with Gasteiger partial charge in [-0.15, -0.1) is 0 Å². The minimum Gasteiger partial charge on any atom is -0.483 e. The van der Waals surface area contributed by atoms with Crippen molar-refractivity contribution in [3.8, 4) is 5.75 Å². The van der Waals surface area contributed by atoms with Crippen LogP contribution in [0.2, 0.25) is 5.02 Å². The molecule has 0 saturated carbocycles. The van der Waals surface area contributed by atoms with Crippen molar-refractivity contribution in [3.05, 3.63) is 55.9 Å². The van der Waals surface area contributed by atoms with Crippen molar-refractivity contribution in [1.82, 2.24) is 0 Å². The highest BCUT2D eigenvalue weighted by Crippen LogP contribution is 2.28. The van der Waals surface area contributed by atoms with Crippen molar-refractivity contribution < 1.29 is 9.53 Å². The molecule has 0 aliphatic rings. The number of anilines is 1. The van der Waals surface area contributed by atoms with E-state index in [9.17, 15) is 4.79 Å². The van der Waals surface area contributed by atoms with Gasteiger partial charge >= 0.3 is 0 Å². The minimum absolute atomic E-state index is 0.0828. The van der Waals surface area contributed by atoms with E-state index in [1.54, 1.807) is 18.2 Å². The number of benzene rings is 2. The number of rotatable bonds is 4. The number of carbonyl (C=O) groups excluding carboxylic acids is 1. The van der Waals surface area contributed by atoms with Crippen molar-refractivity contribution in [2.75, 3.05) is 11.9 Å². The Kier molecular flexibility index (Phi) is 5.67. The number of nitrogens with one attached hydrogen (secondary N) is 1. The van der Waals surface area contributed by atoms with E-state index in [0.717, 1.165) is 10.0 Å². The monoisotopic (exact) mass is 431 g/mol.